The first-order valence-corrected chi connectivity index (χ1v) is 5.06. The molecular formula is C12H10N4. The smallest absolute Gasteiger partial charge is 0.113 e. The van der Waals surface area contributed by atoms with E-state index >= 15 is 0 Å². The van der Waals surface area contributed by atoms with Gasteiger partial charge in [0.2, 0.25) is 0 Å². The van der Waals surface area contributed by atoms with Gasteiger partial charge < -0.3 is 0 Å². The summed E-state index contributed by atoms with van der Waals surface area (Å²) in [6, 6.07) is 8.05. The molecular weight excluding hydrogens is 200 g/mol. The number of H-pyrrole nitrogens is 1. The van der Waals surface area contributed by atoms with Gasteiger partial charge in [0.05, 0.1) is 5.52 Å². The van der Waals surface area contributed by atoms with Gasteiger partial charge in [-0.1, -0.05) is 11.3 Å². The van der Waals surface area contributed by atoms with Crippen molar-refractivity contribution in [2.75, 3.05) is 0 Å². The number of benzene rings is 1. The third-order valence-corrected chi connectivity index (χ3v) is 2.68. The van der Waals surface area contributed by atoms with Crippen molar-refractivity contribution in [1.29, 1.82) is 0 Å². The van der Waals surface area contributed by atoms with Crippen LogP contribution in [0.2, 0.25) is 0 Å². The molecule has 0 saturated carbocycles. The first-order chi connectivity index (χ1) is 7.84. The quantitative estimate of drug-likeness (QED) is 0.670. The van der Waals surface area contributed by atoms with Crippen LogP contribution in [0.15, 0.2) is 36.7 Å². The van der Waals surface area contributed by atoms with Gasteiger partial charge in [0.25, 0.3) is 0 Å². The monoisotopic (exact) mass is 210 g/mol. The van der Waals surface area contributed by atoms with E-state index in [0.29, 0.717) is 0 Å². The van der Waals surface area contributed by atoms with E-state index in [-0.39, 0.29) is 0 Å². The van der Waals surface area contributed by atoms with Crippen LogP contribution < -0.4 is 0 Å². The fourth-order valence-electron chi connectivity index (χ4n) is 1.78. The maximum absolute atomic E-state index is 4.15. The lowest BCUT2D eigenvalue weighted by Gasteiger charge is -2.04. The normalized spacial score (nSPS) is 10.8. The number of hydrogen-bond donors (Lipinski definition) is 1. The molecule has 0 unspecified atom stereocenters. The van der Waals surface area contributed by atoms with Crippen molar-refractivity contribution in [3.05, 3.63) is 42.2 Å². The fraction of sp³-hybridized carbons (Fsp3) is 0.0833. The molecule has 0 aliphatic carbocycles. The number of pyridine rings is 1. The number of fused-ring (bicyclic) bond motifs is 1. The molecule has 0 saturated heterocycles. The first-order valence-electron chi connectivity index (χ1n) is 5.06. The van der Waals surface area contributed by atoms with Crippen LogP contribution in [0.5, 0.6) is 0 Å². The molecule has 3 aromatic rings. The minimum Gasteiger partial charge on any atom is -0.264 e. The van der Waals surface area contributed by atoms with E-state index in [1.807, 2.05) is 30.5 Å². The number of hydrogen-bond acceptors (Lipinski definition) is 3. The van der Waals surface area contributed by atoms with Gasteiger partial charge in [0.15, 0.2) is 0 Å². The summed E-state index contributed by atoms with van der Waals surface area (Å²) < 4.78 is 0. The van der Waals surface area contributed by atoms with E-state index in [9.17, 15) is 0 Å². The molecule has 16 heavy (non-hydrogen) atoms. The second-order valence-corrected chi connectivity index (χ2v) is 3.73. The molecule has 0 fully saturated rings. The topological polar surface area (TPSA) is 54.5 Å². The molecule has 2 aromatic heterocycles. The van der Waals surface area contributed by atoms with Crippen LogP contribution in [0.1, 0.15) is 5.56 Å². The zero-order valence-corrected chi connectivity index (χ0v) is 8.81. The summed E-state index contributed by atoms with van der Waals surface area (Å²) in [5.41, 5.74) is 5.28. The summed E-state index contributed by atoms with van der Waals surface area (Å²) in [7, 11) is 0. The van der Waals surface area contributed by atoms with E-state index in [2.05, 4.69) is 27.3 Å². The van der Waals surface area contributed by atoms with Gasteiger partial charge in [0, 0.05) is 18.0 Å². The third kappa shape index (κ3) is 1.35. The zero-order chi connectivity index (χ0) is 11.0. The van der Waals surface area contributed by atoms with E-state index in [1.54, 1.807) is 6.20 Å². The number of aromatic amines is 1. The Morgan fingerprint density at radius 2 is 2.12 bits per heavy atom. The minimum atomic E-state index is 0.876. The second kappa shape index (κ2) is 3.41. The van der Waals surface area contributed by atoms with Crippen molar-refractivity contribution in [3.8, 4) is 11.1 Å². The second-order valence-electron chi connectivity index (χ2n) is 3.73. The lowest BCUT2D eigenvalue weighted by molar-refractivity contribution is 0.959. The van der Waals surface area contributed by atoms with Crippen molar-refractivity contribution in [2.45, 2.75) is 6.92 Å². The highest BCUT2D eigenvalue weighted by molar-refractivity contribution is 5.81. The molecule has 0 amide bonds. The van der Waals surface area contributed by atoms with Gasteiger partial charge in [-0.15, -0.1) is 5.10 Å². The van der Waals surface area contributed by atoms with Crippen LogP contribution in [-0.4, -0.2) is 20.4 Å². The lowest BCUT2D eigenvalue weighted by Crippen LogP contribution is -1.84. The molecule has 0 spiro atoms. The van der Waals surface area contributed by atoms with Gasteiger partial charge >= 0.3 is 0 Å². The fourth-order valence-corrected chi connectivity index (χ4v) is 1.78. The van der Waals surface area contributed by atoms with E-state index < -0.39 is 0 Å². The Kier molecular flexibility index (Phi) is 1.93. The molecule has 0 bridgehead atoms. The van der Waals surface area contributed by atoms with Gasteiger partial charge in [-0.2, -0.15) is 0 Å². The molecule has 0 radical (unpaired) electrons. The molecule has 4 nitrogen and oxygen atoms in total. The first kappa shape index (κ1) is 9.03. The third-order valence-electron chi connectivity index (χ3n) is 2.68. The van der Waals surface area contributed by atoms with Crippen LogP contribution in [0.3, 0.4) is 0 Å². The molecule has 0 aliphatic rings. The predicted octanol–water partition coefficient (Wildman–Crippen LogP) is 2.33. The van der Waals surface area contributed by atoms with Gasteiger partial charge in [-0.05, 0) is 36.2 Å². The number of nitrogens with one attached hydrogen (secondary N) is 1. The standard InChI is InChI=1S/C12H10N4/c1-8-4-5-13-7-10(8)9-2-3-11-12(6-9)15-16-14-11/h2-7H,1H3,(H,14,15,16). The van der Waals surface area contributed by atoms with Crippen molar-refractivity contribution in [2.24, 2.45) is 0 Å². The van der Waals surface area contributed by atoms with Gasteiger partial charge in [-0.3, -0.25) is 10.1 Å². The Labute approximate surface area is 92.3 Å². The summed E-state index contributed by atoms with van der Waals surface area (Å²) in [5, 5.41) is 10.6. The summed E-state index contributed by atoms with van der Waals surface area (Å²) in [6.45, 7) is 2.07. The summed E-state index contributed by atoms with van der Waals surface area (Å²) in [4.78, 5) is 4.15. The molecule has 3 rings (SSSR count). The summed E-state index contributed by atoms with van der Waals surface area (Å²) in [6.07, 6.45) is 3.67. The average Bonchev–Trinajstić information content (AvgIpc) is 2.76. The van der Waals surface area contributed by atoms with Crippen LogP contribution >= 0.6 is 0 Å². The SMILES string of the molecule is Cc1ccncc1-c1ccc2[nH]nnc2c1. The zero-order valence-electron chi connectivity index (χ0n) is 8.81. The highest BCUT2D eigenvalue weighted by atomic mass is 15.3. The van der Waals surface area contributed by atoms with E-state index in [0.717, 1.165) is 22.2 Å². The number of aryl methyl sites for hydroxylation is 1. The van der Waals surface area contributed by atoms with Crippen LogP contribution in [0, 0.1) is 6.92 Å². The van der Waals surface area contributed by atoms with Crippen molar-refractivity contribution < 1.29 is 0 Å². The minimum absolute atomic E-state index is 0.876. The molecule has 2 heterocycles. The van der Waals surface area contributed by atoms with Crippen molar-refractivity contribution in [1.82, 2.24) is 20.4 Å². The van der Waals surface area contributed by atoms with E-state index in [4.69, 9.17) is 0 Å². The van der Waals surface area contributed by atoms with Gasteiger partial charge in [0.1, 0.15) is 5.52 Å². The highest BCUT2D eigenvalue weighted by Gasteiger charge is 2.04. The Balaban J connectivity index is 2.22. The lowest BCUT2D eigenvalue weighted by atomic mass is 10.0. The summed E-state index contributed by atoms with van der Waals surface area (Å²) in [5.74, 6) is 0. The summed E-state index contributed by atoms with van der Waals surface area (Å²) >= 11 is 0. The molecule has 1 aromatic carbocycles. The van der Waals surface area contributed by atoms with Crippen LogP contribution in [0.4, 0.5) is 0 Å². The van der Waals surface area contributed by atoms with Crippen molar-refractivity contribution >= 4 is 11.0 Å². The Morgan fingerprint density at radius 1 is 1.19 bits per heavy atom. The van der Waals surface area contributed by atoms with Crippen LogP contribution in [0.25, 0.3) is 22.2 Å². The Morgan fingerprint density at radius 3 is 3.00 bits per heavy atom. The van der Waals surface area contributed by atoms with Gasteiger partial charge in [-0.25, -0.2) is 0 Å². The van der Waals surface area contributed by atoms with Crippen molar-refractivity contribution in [3.63, 3.8) is 0 Å². The Hall–Kier alpha value is -2.23. The molecule has 0 atom stereocenters. The molecule has 78 valence electrons. The van der Waals surface area contributed by atoms with E-state index in [1.165, 1.54) is 5.56 Å². The molecule has 1 N–H and O–H groups in total. The number of rotatable bonds is 1. The molecule has 0 aliphatic heterocycles. The average molecular weight is 210 g/mol. The Bertz CT molecular complexity index is 642. The maximum Gasteiger partial charge on any atom is 0.113 e. The number of nitrogens with zero attached hydrogens (tertiary/aromatic N) is 3. The van der Waals surface area contributed by atoms with Crippen LogP contribution in [-0.2, 0) is 0 Å². The largest absolute Gasteiger partial charge is 0.264 e. The maximum atomic E-state index is 4.15. The predicted molar refractivity (Wildman–Crippen MR) is 61.9 cm³/mol. The highest BCUT2D eigenvalue weighted by Crippen LogP contribution is 2.24. The molecule has 4 heteroatoms. The number of aromatic nitrogens is 4.